The van der Waals surface area contributed by atoms with Gasteiger partial charge in [-0.1, -0.05) is 114 Å². The van der Waals surface area contributed by atoms with Crippen molar-refractivity contribution < 1.29 is 10.2 Å². The minimum atomic E-state index is -0.153. The van der Waals surface area contributed by atoms with Crippen LogP contribution in [0.1, 0.15) is 129 Å². The summed E-state index contributed by atoms with van der Waals surface area (Å²) in [6.07, 6.45) is 4.41. The highest BCUT2D eigenvalue weighted by Gasteiger charge is 2.28. The second-order valence-electron chi connectivity index (χ2n) is 14.1. The van der Waals surface area contributed by atoms with Crippen LogP contribution >= 0.6 is 0 Å². The smallest absolute Gasteiger partial charge is 0.123 e. The molecule has 2 N–H and O–H groups in total. The van der Waals surface area contributed by atoms with Gasteiger partial charge in [-0.25, -0.2) is 0 Å². The van der Waals surface area contributed by atoms with Gasteiger partial charge in [-0.15, -0.1) is 0 Å². The van der Waals surface area contributed by atoms with Crippen LogP contribution in [0.4, 0.5) is 0 Å². The van der Waals surface area contributed by atoms with E-state index in [0.717, 1.165) is 27.8 Å². The molecule has 0 aliphatic rings. The molecule has 2 rings (SSSR count). The van der Waals surface area contributed by atoms with E-state index in [9.17, 15) is 10.2 Å². The van der Waals surface area contributed by atoms with Crippen molar-refractivity contribution in [1.29, 1.82) is 0 Å². The fraction of sp³-hybridized carbons (Fsp3) is 0.562. The van der Waals surface area contributed by atoms with E-state index in [4.69, 9.17) is 0 Å². The zero-order valence-electron chi connectivity index (χ0n) is 23.9. The van der Waals surface area contributed by atoms with E-state index in [1.54, 1.807) is 0 Å². The van der Waals surface area contributed by atoms with Crippen LogP contribution in [-0.4, -0.2) is 10.2 Å². The SMILES string of the molecule is CC(/C=C/c1cc(C(C)(C)C)c(O)c(C(C)(C)C)c1)c1cc(C(C)(C)C)c(O)c(C(C)(C)C)c1. The van der Waals surface area contributed by atoms with Gasteiger partial charge >= 0.3 is 0 Å². The Bertz CT molecular complexity index is 988. The van der Waals surface area contributed by atoms with Crippen molar-refractivity contribution in [2.75, 3.05) is 0 Å². The van der Waals surface area contributed by atoms with Crippen molar-refractivity contribution in [3.05, 3.63) is 63.7 Å². The first kappa shape index (κ1) is 28.0. The number of allylic oxidation sites excluding steroid dienone is 1. The first-order valence-corrected chi connectivity index (χ1v) is 12.6. The van der Waals surface area contributed by atoms with Gasteiger partial charge in [-0.05, 0) is 62.0 Å². The fourth-order valence-corrected chi connectivity index (χ4v) is 4.33. The van der Waals surface area contributed by atoms with Gasteiger partial charge in [0, 0.05) is 11.1 Å². The van der Waals surface area contributed by atoms with E-state index >= 15 is 0 Å². The van der Waals surface area contributed by atoms with E-state index in [0.29, 0.717) is 11.5 Å². The average Bonchev–Trinajstić information content (AvgIpc) is 2.63. The lowest BCUT2D eigenvalue weighted by atomic mass is 9.77. The molecule has 0 radical (unpaired) electrons. The van der Waals surface area contributed by atoms with Crippen LogP contribution in [-0.2, 0) is 21.7 Å². The van der Waals surface area contributed by atoms with Gasteiger partial charge < -0.3 is 10.2 Å². The molecule has 0 aliphatic carbocycles. The molecule has 1 atom stereocenters. The monoisotopic (exact) mass is 464 g/mol. The molecular formula is C32H48O2. The number of benzene rings is 2. The molecule has 0 heterocycles. The summed E-state index contributed by atoms with van der Waals surface area (Å²) in [6, 6.07) is 8.56. The normalized spacial score (nSPS) is 14.6. The number of rotatable bonds is 3. The Hall–Kier alpha value is -2.22. The van der Waals surface area contributed by atoms with Crippen molar-refractivity contribution in [3.8, 4) is 11.5 Å². The lowest BCUT2D eigenvalue weighted by Crippen LogP contribution is -2.18. The maximum atomic E-state index is 11.1. The lowest BCUT2D eigenvalue weighted by Gasteiger charge is -2.29. The number of hydrogen-bond acceptors (Lipinski definition) is 2. The van der Waals surface area contributed by atoms with Gasteiger partial charge in [0.1, 0.15) is 11.5 Å². The molecule has 0 spiro atoms. The van der Waals surface area contributed by atoms with Crippen LogP contribution in [0.3, 0.4) is 0 Å². The summed E-state index contributed by atoms with van der Waals surface area (Å²) in [7, 11) is 0. The summed E-state index contributed by atoms with van der Waals surface area (Å²) < 4.78 is 0. The van der Waals surface area contributed by atoms with Crippen LogP contribution in [0.25, 0.3) is 6.08 Å². The van der Waals surface area contributed by atoms with Crippen molar-refractivity contribution in [3.63, 3.8) is 0 Å². The summed E-state index contributed by atoms with van der Waals surface area (Å²) in [4.78, 5) is 0. The largest absolute Gasteiger partial charge is 0.507 e. The molecule has 2 aromatic carbocycles. The van der Waals surface area contributed by atoms with E-state index in [1.807, 2.05) is 0 Å². The Morgan fingerprint density at radius 2 is 0.853 bits per heavy atom. The van der Waals surface area contributed by atoms with Gasteiger partial charge in [0.05, 0.1) is 0 Å². The molecular weight excluding hydrogens is 416 g/mol. The second-order valence-corrected chi connectivity index (χ2v) is 14.1. The lowest BCUT2D eigenvalue weighted by molar-refractivity contribution is 0.422. The van der Waals surface area contributed by atoms with Crippen LogP contribution < -0.4 is 0 Å². The molecule has 2 heteroatoms. The number of phenols is 2. The van der Waals surface area contributed by atoms with E-state index < -0.39 is 0 Å². The summed E-state index contributed by atoms with van der Waals surface area (Å²) >= 11 is 0. The highest BCUT2D eigenvalue weighted by Crippen LogP contribution is 2.42. The van der Waals surface area contributed by atoms with E-state index in [-0.39, 0.29) is 27.6 Å². The second kappa shape index (κ2) is 9.10. The Morgan fingerprint density at radius 3 is 1.15 bits per heavy atom. The zero-order chi connectivity index (χ0) is 26.4. The highest BCUT2D eigenvalue weighted by atomic mass is 16.3. The molecule has 2 aromatic rings. The summed E-state index contributed by atoms with van der Waals surface area (Å²) in [5.41, 5.74) is 5.63. The average molecular weight is 465 g/mol. The molecule has 0 bridgehead atoms. The van der Waals surface area contributed by atoms with Gasteiger partial charge in [0.2, 0.25) is 0 Å². The minimum absolute atomic E-state index is 0.149. The standard InChI is InChI=1S/C32H48O2/c1-20(22-18-25(31(8,9)10)28(34)26(19-22)32(11,12)13)14-15-21-16-23(29(2,3)4)27(33)24(17-21)30(5,6)7/h14-20,33-34H,1-13H3/b15-14+. The van der Waals surface area contributed by atoms with Crippen LogP contribution in [0, 0.1) is 0 Å². The molecule has 0 saturated carbocycles. The van der Waals surface area contributed by atoms with Crippen molar-refractivity contribution in [1.82, 2.24) is 0 Å². The summed E-state index contributed by atoms with van der Waals surface area (Å²) in [5.74, 6) is 1.00. The van der Waals surface area contributed by atoms with E-state index in [2.05, 4.69) is 126 Å². The fourth-order valence-electron chi connectivity index (χ4n) is 4.33. The minimum Gasteiger partial charge on any atom is -0.507 e. The molecule has 0 aliphatic heterocycles. The third-order valence-corrected chi connectivity index (χ3v) is 6.60. The maximum absolute atomic E-state index is 11.1. The Labute approximate surface area is 209 Å². The molecule has 0 amide bonds. The Morgan fingerprint density at radius 1 is 0.559 bits per heavy atom. The van der Waals surface area contributed by atoms with Crippen LogP contribution in [0.15, 0.2) is 30.3 Å². The van der Waals surface area contributed by atoms with Crippen LogP contribution in [0.5, 0.6) is 11.5 Å². The summed E-state index contributed by atoms with van der Waals surface area (Å²) in [6.45, 7) is 28.0. The molecule has 0 aromatic heterocycles. The molecule has 34 heavy (non-hydrogen) atoms. The molecule has 1 unspecified atom stereocenters. The zero-order valence-corrected chi connectivity index (χ0v) is 23.9. The molecule has 0 fully saturated rings. The third-order valence-electron chi connectivity index (χ3n) is 6.60. The number of phenolic OH excluding ortho intramolecular Hbond substituents is 2. The van der Waals surface area contributed by atoms with Gasteiger partial charge in [-0.2, -0.15) is 0 Å². The molecule has 188 valence electrons. The van der Waals surface area contributed by atoms with Gasteiger partial charge in [-0.3, -0.25) is 0 Å². The first-order chi connectivity index (χ1) is 15.1. The predicted octanol–water partition coefficient (Wildman–Crippen LogP) is 9.10. The third kappa shape index (κ3) is 6.26. The van der Waals surface area contributed by atoms with Crippen molar-refractivity contribution in [2.24, 2.45) is 0 Å². The van der Waals surface area contributed by atoms with Crippen molar-refractivity contribution in [2.45, 2.75) is 118 Å². The van der Waals surface area contributed by atoms with Crippen LogP contribution in [0.2, 0.25) is 0 Å². The van der Waals surface area contributed by atoms with Gasteiger partial charge in [0.25, 0.3) is 0 Å². The quantitative estimate of drug-likeness (QED) is 0.475. The van der Waals surface area contributed by atoms with E-state index in [1.165, 1.54) is 5.56 Å². The first-order valence-electron chi connectivity index (χ1n) is 12.6. The molecule has 2 nitrogen and oxygen atoms in total. The predicted molar refractivity (Wildman–Crippen MR) is 148 cm³/mol. The summed E-state index contributed by atoms with van der Waals surface area (Å²) in [5, 5.41) is 22.1. The number of aromatic hydroxyl groups is 2. The Kier molecular flexibility index (Phi) is 7.50. The molecule has 0 saturated heterocycles. The highest BCUT2D eigenvalue weighted by molar-refractivity contribution is 5.60. The Balaban J connectivity index is 2.61. The maximum Gasteiger partial charge on any atom is 0.123 e. The van der Waals surface area contributed by atoms with Gasteiger partial charge in [0.15, 0.2) is 0 Å². The topological polar surface area (TPSA) is 40.5 Å². The number of hydrogen-bond donors (Lipinski definition) is 2. The van der Waals surface area contributed by atoms with Crippen molar-refractivity contribution >= 4 is 6.08 Å².